The van der Waals surface area contributed by atoms with E-state index in [1.54, 1.807) is 0 Å². The molecule has 0 fully saturated rings. The molecule has 0 aliphatic carbocycles. The van der Waals surface area contributed by atoms with Crippen molar-refractivity contribution in [3.8, 4) is 11.1 Å². The second-order valence-electron chi connectivity index (χ2n) is 12.9. The third-order valence-corrected chi connectivity index (χ3v) is 10.2. The molecule has 8 nitrogen and oxygen atoms in total. The van der Waals surface area contributed by atoms with Gasteiger partial charge in [0, 0.05) is 30.4 Å². The minimum absolute atomic E-state index is 0.0590. The SMILES string of the molecule is CCCCCCCCCCCCP(=O)(O)O.CCCCCCCCCCCCP(=O)([O-])[O-].CC[n+]1ccc(-c2cc[n+](CC)cc2)cc1. The molecule has 278 valence electrons. The number of pyridine rings is 2. The van der Waals surface area contributed by atoms with Crippen LogP contribution in [-0.4, -0.2) is 22.1 Å². The van der Waals surface area contributed by atoms with Crippen molar-refractivity contribution in [3.05, 3.63) is 49.1 Å². The fourth-order valence-electron chi connectivity index (χ4n) is 5.32. The van der Waals surface area contributed by atoms with Gasteiger partial charge in [0.2, 0.25) is 0 Å². The van der Waals surface area contributed by atoms with E-state index >= 15 is 0 Å². The maximum atomic E-state index is 10.6. The molecule has 0 amide bonds. The molecule has 2 N–H and O–H groups in total. The first kappa shape index (κ1) is 46.6. The molecule has 2 aromatic rings. The van der Waals surface area contributed by atoms with Crippen LogP contribution < -0.4 is 18.9 Å². The normalized spacial score (nSPS) is 11.4. The highest BCUT2D eigenvalue weighted by Gasteiger charge is 2.10. The van der Waals surface area contributed by atoms with E-state index in [1.807, 2.05) is 0 Å². The van der Waals surface area contributed by atoms with Gasteiger partial charge in [0.1, 0.15) is 13.1 Å². The van der Waals surface area contributed by atoms with Gasteiger partial charge in [0.05, 0.1) is 0 Å². The molecule has 2 heterocycles. The molecular formula is C38H70N2O6P2. The molecule has 10 heteroatoms. The number of aryl methyl sites for hydroxylation is 2. The molecule has 2 rings (SSSR count). The first-order chi connectivity index (χ1) is 23.0. The maximum absolute atomic E-state index is 10.6. The molecule has 2 aromatic heterocycles. The summed E-state index contributed by atoms with van der Waals surface area (Å²) in [5, 5.41) is 0. The Labute approximate surface area is 294 Å². The number of aromatic nitrogens is 2. The van der Waals surface area contributed by atoms with Crippen LogP contribution in [0.5, 0.6) is 0 Å². The molecule has 0 atom stereocenters. The molecule has 0 spiro atoms. The van der Waals surface area contributed by atoms with E-state index in [0.717, 1.165) is 38.8 Å². The molecule has 0 aromatic carbocycles. The van der Waals surface area contributed by atoms with Gasteiger partial charge in [-0.1, -0.05) is 137 Å². The molecule has 0 bridgehead atoms. The Hall–Kier alpha value is -1.40. The Morgan fingerprint density at radius 1 is 0.479 bits per heavy atom. The van der Waals surface area contributed by atoms with E-state index in [-0.39, 0.29) is 12.3 Å². The summed E-state index contributed by atoms with van der Waals surface area (Å²) in [6, 6.07) is 8.65. The fraction of sp³-hybridized carbons (Fsp3) is 0.737. The lowest BCUT2D eigenvalue weighted by molar-refractivity contribution is -0.693. The summed E-state index contributed by atoms with van der Waals surface area (Å²) >= 11 is 0. The van der Waals surface area contributed by atoms with E-state index in [9.17, 15) is 18.9 Å². The number of unbranched alkanes of at least 4 members (excludes halogenated alkanes) is 18. The Morgan fingerprint density at radius 2 is 0.750 bits per heavy atom. The lowest BCUT2D eigenvalue weighted by atomic mass is 10.1. The second-order valence-corrected chi connectivity index (χ2v) is 16.4. The lowest BCUT2D eigenvalue weighted by Gasteiger charge is -2.29. The molecule has 0 saturated heterocycles. The fourth-order valence-corrected chi connectivity index (χ4v) is 6.57. The molecule has 48 heavy (non-hydrogen) atoms. The van der Waals surface area contributed by atoms with Gasteiger partial charge in [-0.3, -0.25) is 4.57 Å². The maximum Gasteiger partial charge on any atom is 0.325 e. The smallest absolute Gasteiger partial charge is 0.325 e. The van der Waals surface area contributed by atoms with Crippen LogP contribution in [0.25, 0.3) is 11.1 Å². The summed E-state index contributed by atoms with van der Waals surface area (Å²) in [5.74, 6) is 0. The second kappa shape index (κ2) is 30.4. The monoisotopic (exact) mass is 712 g/mol. The number of rotatable bonds is 25. The van der Waals surface area contributed by atoms with E-state index in [4.69, 9.17) is 9.79 Å². The zero-order chi connectivity index (χ0) is 35.9. The van der Waals surface area contributed by atoms with Crippen LogP contribution in [0.3, 0.4) is 0 Å². The topological polar surface area (TPSA) is 128 Å². The van der Waals surface area contributed by atoms with Crippen molar-refractivity contribution in [2.75, 3.05) is 12.3 Å². The van der Waals surface area contributed by atoms with E-state index in [1.165, 1.54) is 101 Å². The van der Waals surface area contributed by atoms with Crippen LogP contribution in [-0.2, 0) is 22.2 Å². The van der Waals surface area contributed by atoms with Crippen molar-refractivity contribution in [1.29, 1.82) is 0 Å². The van der Waals surface area contributed by atoms with Crippen molar-refractivity contribution >= 4 is 15.2 Å². The summed E-state index contributed by atoms with van der Waals surface area (Å²) in [6.07, 6.45) is 31.8. The van der Waals surface area contributed by atoms with E-state index in [0.29, 0.717) is 12.8 Å². The molecule has 0 radical (unpaired) electrons. The summed E-state index contributed by atoms with van der Waals surface area (Å²) in [4.78, 5) is 38.0. The quantitative estimate of drug-likeness (QED) is 0.0601. The van der Waals surface area contributed by atoms with E-state index < -0.39 is 15.2 Å². The zero-order valence-corrected chi connectivity index (χ0v) is 32.7. The van der Waals surface area contributed by atoms with Crippen molar-refractivity contribution < 1.29 is 37.8 Å². The first-order valence-electron chi connectivity index (χ1n) is 19.0. The largest absolute Gasteiger partial charge is 0.811 e. The predicted molar refractivity (Wildman–Crippen MR) is 197 cm³/mol. The van der Waals surface area contributed by atoms with Gasteiger partial charge in [-0.25, -0.2) is 9.13 Å². The average Bonchev–Trinajstić information content (AvgIpc) is 3.06. The summed E-state index contributed by atoms with van der Waals surface area (Å²) < 4.78 is 25.2. The Balaban J connectivity index is 0.000000690. The summed E-state index contributed by atoms with van der Waals surface area (Å²) in [6.45, 7) is 10.8. The van der Waals surface area contributed by atoms with Crippen LogP contribution in [0.4, 0.5) is 0 Å². The summed E-state index contributed by atoms with van der Waals surface area (Å²) in [5.41, 5.74) is 2.54. The van der Waals surface area contributed by atoms with Crippen molar-refractivity contribution in [1.82, 2.24) is 0 Å². The van der Waals surface area contributed by atoms with Crippen LogP contribution in [0.2, 0.25) is 0 Å². The van der Waals surface area contributed by atoms with E-state index in [2.05, 4.69) is 85.9 Å². The lowest BCUT2D eigenvalue weighted by Crippen LogP contribution is -2.31. The minimum atomic E-state index is -4.24. The van der Waals surface area contributed by atoms with Crippen LogP contribution >= 0.6 is 15.2 Å². The highest BCUT2D eigenvalue weighted by molar-refractivity contribution is 7.51. The molecule has 0 saturated carbocycles. The molecular weight excluding hydrogens is 642 g/mol. The first-order valence-corrected chi connectivity index (χ1v) is 22.5. The standard InChI is InChI=1S/C14H18N2.2C12H27O3P/c1-3-15-9-5-13(6-10-15)14-7-11-16(4-2)12-8-14;2*1-2-3-4-5-6-7-8-9-10-11-12-16(13,14)15/h5-12H,3-4H2,1-2H3;2*2-12H2,1H3,(H2,13,14,15)/q+2;;/p-2. The van der Waals surface area contributed by atoms with Gasteiger partial charge in [-0.05, 0) is 44.0 Å². The van der Waals surface area contributed by atoms with Gasteiger partial charge in [-0.2, -0.15) is 0 Å². The minimum Gasteiger partial charge on any atom is -0.811 e. The third kappa shape index (κ3) is 30.6. The van der Waals surface area contributed by atoms with Gasteiger partial charge in [-0.15, -0.1) is 0 Å². The Kier molecular flexibility index (Phi) is 29.5. The number of hydrogen-bond acceptors (Lipinski definition) is 4. The molecule has 0 unspecified atom stereocenters. The molecule has 0 aliphatic heterocycles. The van der Waals surface area contributed by atoms with Crippen LogP contribution in [0.1, 0.15) is 156 Å². The Morgan fingerprint density at radius 3 is 1.00 bits per heavy atom. The van der Waals surface area contributed by atoms with Crippen molar-refractivity contribution in [3.63, 3.8) is 0 Å². The van der Waals surface area contributed by atoms with Gasteiger partial charge < -0.3 is 24.1 Å². The van der Waals surface area contributed by atoms with Gasteiger partial charge in [0.15, 0.2) is 24.8 Å². The number of hydrogen-bond donors (Lipinski definition) is 2. The third-order valence-electron chi connectivity index (χ3n) is 8.43. The van der Waals surface area contributed by atoms with Crippen LogP contribution in [0, 0.1) is 0 Å². The number of nitrogens with zero attached hydrogens (tertiary/aromatic N) is 2. The highest BCUT2D eigenvalue weighted by atomic mass is 31.2. The average molecular weight is 713 g/mol. The highest BCUT2D eigenvalue weighted by Crippen LogP contribution is 2.35. The zero-order valence-electron chi connectivity index (χ0n) is 30.9. The molecule has 0 aliphatic rings. The van der Waals surface area contributed by atoms with Gasteiger partial charge >= 0.3 is 7.60 Å². The predicted octanol–water partition coefficient (Wildman–Crippen LogP) is 8.87. The summed E-state index contributed by atoms with van der Waals surface area (Å²) in [7, 11) is -7.98. The van der Waals surface area contributed by atoms with Crippen molar-refractivity contribution in [2.24, 2.45) is 0 Å². The Bertz CT molecular complexity index is 1000. The van der Waals surface area contributed by atoms with Crippen LogP contribution in [0.15, 0.2) is 49.1 Å². The van der Waals surface area contributed by atoms with Gasteiger partial charge in [0.25, 0.3) is 0 Å². The van der Waals surface area contributed by atoms with Crippen molar-refractivity contribution in [2.45, 2.75) is 169 Å².